The molecule has 0 fully saturated rings. The summed E-state index contributed by atoms with van der Waals surface area (Å²) in [6, 6.07) is 13.4. The van der Waals surface area contributed by atoms with Gasteiger partial charge in [0.1, 0.15) is 5.92 Å². The van der Waals surface area contributed by atoms with Gasteiger partial charge in [0.25, 0.3) is 0 Å². The minimum Gasteiger partial charge on any atom is -0.295 e. The molecule has 0 bridgehead atoms. The van der Waals surface area contributed by atoms with Crippen molar-refractivity contribution in [3.8, 4) is 6.07 Å². The van der Waals surface area contributed by atoms with E-state index in [0.29, 0.717) is 21.9 Å². The molecule has 6 heteroatoms. The molecule has 0 aliphatic carbocycles. The third-order valence-corrected chi connectivity index (χ3v) is 6.88. The van der Waals surface area contributed by atoms with Gasteiger partial charge >= 0.3 is 0 Å². The molecule has 0 amide bonds. The molecule has 0 saturated carbocycles. The van der Waals surface area contributed by atoms with Crippen LogP contribution in [0.2, 0.25) is 0 Å². The number of Topliss-reactive ketones (excluding diaryl/α,β-unsaturated/α-hetero) is 2. The van der Waals surface area contributed by atoms with Gasteiger partial charge in [0.15, 0.2) is 11.6 Å². The first-order valence-electron chi connectivity index (χ1n) is 8.89. The van der Waals surface area contributed by atoms with Crippen LogP contribution in [-0.2, 0) is 4.79 Å². The van der Waals surface area contributed by atoms with Crippen molar-refractivity contribution in [1.29, 1.82) is 5.26 Å². The van der Waals surface area contributed by atoms with Gasteiger partial charge in [-0.1, -0.05) is 30.3 Å². The quantitative estimate of drug-likeness (QED) is 0.640. The summed E-state index contributed by atoms with van der Waals surface area (Å²) in [5.41, 5.74) is 2.93. The van der Waals surface area contributed by atoms with Crippen LogP contribution in [0.3, 0.4) is 0 Å². The molecule has 3 rings (SSSR count). The van der Waals surface area contributed by atoms with Crippen molar-refractivity contribution in [2.24, 2.45) is 10.9 Å². The lowest BCUT2D eigenvalue weighted by Gasteiger charge is -2.29. The van der Waals surface area contributed by atoms with Gasteiger partial charge in [-0.05, 0) is 37.8 Å². The SMILES string of the molecule is CC(=O)C1=C(C)N=C(SCC(=O)c2ccccc2)C(C#N)[C@@H]1c1sccc1C. The molecule has 28 heavy (non-hydrogen) atoms. The first-order chi connectivity index (χ1) is 13.4. The van der Waals surface area contributed by atoms with Crippen molar-refractivity contribution in [2.45, 2.75) is 26.7 Å². The van der Waals surface area contributed by atoms with Crippen LogP contribution < -0.4 is 0 Å². The van der Waals surface area contributed by atoms with E-state index in [9.17, 15) is 14.9 Å². The molecule has 0 N–H and O–H groups in total. The number of hydrogen-bond acceptors (Lipinski definition) is 6. The van der Waals surface area contributed by atoms with Crippen LogP contribution in [0.5, 0.6) is 0 Å². The number of allylic oxidation sites excluding steroid dienone is 2. The average molecular weight is 409 g/mol. The zero-order valence-electron chi connectivity index (χ0n) is 15.9. The second kappa shape index (κ2) is 8.68. The third-order valence-electron chi connectivity index (χ3n) is 4.73. The Morgan fingerprint density at radius 2 is 1.93 bits per heavy atom. The van der Waals surface area contributed by atoms with Crippen LogP contribution in [-0.4, -0.2) is 22.4 Å². The summed E-state index contributed by atoms with van der Waals surface area (Å²) in [7, 11) is 0. The first-order valence-corrected chi connectivity index (χ1v) is 10.8. The Morgan fingerprint density at radius 1 is 1.21 bits per heavy atom. The maximum absolute atomic E-state index is 12.5. The van der Waals surface area contributed by atoms with Gasteiger partial charge < -0.3 is 0 Å². The number of nitriles is 1. The summed E-state index contributed by atoms with van der Waals surface area (Å²) in [5.74, 6) is -0.778. The molecular formula is C22H20N2O2S2. The van der Waals surface area contributed by atoms with Gasteiger partial charge in [-0.2, -0.15) is 5.26 Å². The Balaban J connectivity index is 1.94. The lowest BCUT2D eigenvalue weighted by atomic mass is 9.80. The summed E-state index contributed by atoms with van der Waals surface area (Å²) in [4.78, 5) is 30.4. The molecule has 142 valence electrons. The predicted molar refractivity (Wildman–Crippen MR) is 115 cm³/mol. The van der Waals surface area contributed by atoms with Gasteiger partial charge in [0.05, 0.1) is 16.9 Å². The van der Waals surface area contributed by atoms with Crippen LogP contribution >= 0.6 is 23.1 Å². The Morgan fingerprint density at radius 3 is 2.50 bits per heavy atom. The molecule has 1 aromatic heterocycles. The largest absolute Gasteiger partial charge is 0.295 e. The normalized spacial score (nSPS) is 19.1. The van der Waals surface area contributed by atoms with E-state index < -0.39 is 5.92 Å². The maximum Gasteiger partial charge on any atom is 0.173 e. The average Bonchev–Trinajstić information content (AvgIpc) is 3.11. The molecule has 1 aromatic carbocycles. The van der Waals surface area contributed by atoms with Crippen LogP contribution in [0.4, 0.5) is 0 Å². The number of aliphatic imine (C=N–C) groups is 1. The number of aryl methyl sites for hydroxylation is 1. The van der Waals surface area contributed by atoms with Gasteiger partial charge in [-0.25, -0.2) is 4.99 Å². The van der Waals surface area contributed by atoms with Crippen LogP contribution in [0, 0.1) is 24.2 Å². The Bertz CT molecular complexity index is 1010. The van der Waals surface area contributed by atoms with E-state index in [1.807, 2.05) is 36.6 Å². The van der Waals surface area contributed by atoms with Crippen molar-refractivity contribution in [2.75, 3.05) is 5.75 Å². The number of benzene rings is 1. The number of thiophene rings is 1. The standard InChI is InChI=1S/C22H20N2O2S2/c1-13-9-10-27-21(13)20-17(11-23)22(24-14(2)19(20)15(3)25)28-12-18(26)16-7-5-4-6-8-16/h4-10,17,20H,12H2,1-3H3/t17?,20-/m0/s1. The zero-order chi connectivity index (χ0) is 20.3. The fraction of sp³-hybridized carbons (Fsp3) is 0.273. The number of rotatable bonds is 5. The Kier molecular flexibility index (Phi) is 6.28. The second-order valence-corrected chi connectivity index (χ2v) is 8.58. The van der Waals surface area contributed by atoms with Crippen LogP contribution in [0.25, 0.3) is 0 Å². The van der Waals surface area contributed by atoms with E-state index in [4.69, 9.17) is 0 Å². The van der Waals surface area contributed by atoms with Crippen LogP contribution in [0.1, 0.15) is 40.6 Å². The molecule has 2 aromatic rings. The summed E-state index contributed by atoms with van der Waals surface area (Å²) in [6.07, 6.45) is 0. The second-order valence-electron chi connectivity index (χ2n) is 6.64. The molecule has 2 heterocycles. The van der Waals surface area contributed by atoms with Gasteiger partial charge in [0.2, 0.25) is 0 Å². The number of hydrogen-bond donors (Lipinski definition) is 0. The summed E-state index contributed by atoms with van der Waals surface area (Å²) < 4.78 is 0. The number of carbonyl (C=O) groups is 2. The number of nitrogens with zero attached hydrogens (tertiary/aromatic N) is 2. The molecule has 0 saturated heterocycles. The van der Waals surface area contributed by atoms with E-state index in [-0.39, 0.29) is 23.2 Å². The number of ketones is 2. The molecular weight excluding hydrogens is 388 g/mol. The highest BCUT2D eigenvalue weighted by Crippen LogP contribution is 2.44. The van der Waals surface area contributed by atoms with Crippen molar-refractivity contribution in [1.82, 2.24) is 0 Å². The smallest absolute Gasteiger partial charge is 0.173 e. The van der Waals surface area contributed by atoms with Gasteiger partial charge in [-0.3, -0.25) is 9.59 Å². The highest BCUT2D eigenvalue weighted by Gasteiger charge is 2.39. The summed E-state index contributed by atoms with van der Waals surface area (Å²) in [5, 5.41) is 12.5. The van der Waals surface area contributed by atoms with Gasteiger partial charge in [-0.15, -0.1) is 23.1 Å². The van der Waals surface area contributed by atoms with Crippen LogP contribution in [0.15, 0.2) is 58.0 Å². The van der Waals surface area contributed by atoms with Crippen molar-refractivity contribution in [3.05, 3.63) is 69.1 Å². The third kappa shape index (κ3) is 4.01. The highest BCUT2D eigenvalue weighted by molar-refractivity contribution is 8.14. The predicted octanol–water partition coefficient (Wildman–Crippen LogP) is 5.17. The minimum absolute atomic E-state index is 0.00663. The molecule has 4 nitrogen and oxygen atoms in total. The number of carbonyl (C=O) groups excluding carboxylic acids is 2. The molecule has 1 unspecified atom stereocenters. The first kappa shape index (κ1) is 20.2. The fourth-order valence-corrected chi connectivity index (χ4v) is 5.48. The summed E-state index contributed by atoms with van der Waals surface area (Å²) in [6.45, 7) is 5.32. The maximum atomic E-state index is 12.5. The van der Waals surface area contributed by atoms with E-state index in [1.54, 1.807) is 30.4 Å². The fourth-order valence-electron chi connectivity index (χ4n) is 3.39. The molecule has 1 aliphatic heterocycles. The van der Waals surface area contributed by atoms with E-state index >= 15 is 0 Å². The van der Waals surface area contributed by atoms with E-state index in [1.165, 1.54) is 18.7 Å². The summed E-state index contributed by atoms with van der Waals surface area (Å²) >= 11 is 2.85. The molecule has 2 atom stereocenters. The molecule has 1 aliphatic rings. The molecule has 0 spiro atoms. The van der Waals surface area contributed by atoms with E-state index in [0.717, 1.165) is 10.4 Å². The Labute approximate surface area is 173 Å². The topological polar surface area (TPSA) is 70.3 Å². The van der Waals surface area contributed by atoms with Crippen molar-refractivity contribution in [3.63, 3.8) is 0 Å². The highest BCUT2D eigenvalue weighted by atomic mass is 32.2. The van der Waals surface area contributed by atoms with Crippen molar-refractivity contribution >= 4 is 39.7 Å². The lowest BCUT2D eigenvalue weighted by molar-refractivity contribution is -0.114. The van der Waals surface area contributed by atoms with E-state index in [2.05, 4.69) is 11.1 Å². The molecule has 0 radical (unpaired) electrons. The van der Waals surface area contributed by atoms with Crippen molar-refractivity contribution < 1.29 is 9.59 Å². The van der Waals surface area contributed by atoms with Gasteiger partial charge in [0, 0.05) is 27.6 Å². The zero-order valence-corrected chi connectivity index (χ0v) is 17.6. The number of thioether (sulfide) groups is 1. The Hall–Kier alpha value is -2.49. The lowest BCUT2D eigenvalue weighted by Crippen LogP contribution is -2.28. The monoisotopic (exact) mass is 408 g/mol. The minimum atomic E-state index is -0.575.